The smallest absolute Gasteiger partial charge is 0.321 e. The minimum atomic E-state index is -0.104. The van der Waals surface area contributed by atoms with Gasteiger partial charge in [0, 0.05) is 18.7 Å². The molecule has 1 aliphatic heterocycles. The van der Waals surface area contributed by atoms with E-state index in [4.69, 9.17) is 17.3 Å². The lowest BCUT2D eigenvalue weighted by Gasteiger charge is -2.30. The third-order valence-electron chi connectivity index (χ3n) is 3.61. The van der Waals surface area contributed by atoms with Crippen molar-refractivity contribution in [2.24, 2.45) is 11.7 Å². The van der Waals surface area contributed by atoms with Gasteiger partial charge in [0.15, 0.2) is 0 Å². The van der Waals surface area contributed by atoms with E-state index in [1.807, 2.05) is 11.0 Å². The molecule has 0 aliphatic carbocycles. The zero-order chi connectivity index (χ0) is 15.2. The van der Waals surface area contributed by atoms with Crippen molar-refractivity contribution in [2.75, 3.05) is 25.0 Å². The first kappa shape index (κ1) is 15.7. The fourth-order valence-corrected chi connectivity index (χ4v) is 2.42. The standard InChI is InChI=1S/C16H20ClN3O/c1-12-6-9-20(10-7-12)16(21)19-15-11-13(3-2-8-18)4-5-14(15)17/h4-5,11-12H,6-10,18H2,1H3,(H,19,21). The van der Waals surface area contributed by atoms with Crippen LogP contribution in [0.1, 0.15) is 25.3 Å². The second-order valence-corrected chi connectivity index (χ2v) is 5.71. The maximum absolute atomic E-state index is 12.3. The monoisotopic (exact) mass is 305 g/mol. The van der Waals surface area contributed by atoms with Crippen LogP contribution in [0.3, 0.4) is 0 Å². The van der Waals surface area contributed by atoms with E-state index in [1.165, 1.54) is 0 Å². The summed E-state index contributed by atoms with van der Waals surface area (Å²) in [6.07, 6.45) is 2.09. The molecule has 5 heteroatoms. The number of rotatable bonds is 1. The van der Waals surface area contributed by atoms with Crippen molar-refractivity contribution in [1.29, 1.82) is 0 Å². The summed E-state index contributed by atoms with van der Waals surface area (Å²) in [4.78, 5) is 14.1. The van der Waals surface area contributed by atoms with Gasteiger partial charge >= 0.3 is 6.03 Å². The van der Waals surface area contributed by atoms with Crippen molar-refractivity contribution in [3.05, 3.63) is 28.8 Å². The second-order valence-electron chi connectivity index (χ2n) is 5.30. The minimum absolute atomic E-state index is 0.104. The number of anilines is 1. The zero-order valence-corrected chi connectivity index (χ0v) is 12.9. The fraction of sp³-hybridized carbons (Fsp3) is 0.438. The summed E-state index contributed by atoms with van der Waals surface area (Å²) >= 11 is 6.13. The van der Waals surface area contributed by atoms with Crippen molar-refractivity contribution in [3.63, 3.8) is 0 Å². The SMILES string of the molecule is CC1CCN(C(=O)Nc2cc(C#CCN)ccc2Cl)CC1. The second kappa shape index (κ2) is 7.35. The zero-order valence-electron chi connectivity index (χ0n) is 12.2. The molecular weight excluding hydrogens is 286 g/mol. The Morgan fingerprint density at radius 2 is 2.19 bits per heavy atom. The van der Waals surface area contributed by atoms with Crippen LogP contribution in [0.5, 0.6) is 0 Å². The van der Waals surface area contributed by atoms with Gasteiger partial charge in [-0.2, -0.15) is 0 Å². The Labute approximate surface area is 130 Å². The molecular formula is C16H20ClN3O. The lowest BCUT2D eigenvalue weighted by Crippen LogP contribution is -2.40. The Morgan fingerprint density at radius 1 is 1.48 bits per heavy atom. The molecule has 0 radical (unpaired) electrons. The van der Waals surface area contributed by atoms with E-state index >= 15 is 0 Å². The molecule has 1 fully saturated rings. The number of likely N-dealkylation sites (tertiary alicyclic amines) is 1. The van der Waals surface area contributed by atoms with Crippen LogP contribution in [-0.4, -0.2) is 30.6 Å². The van der Waals surface area contributed by atoms with Crippen LogP contribution in [0.25, 0.3) is 0 Å². The Kier molecular flexibility index (Phi) is 5.49. The lowest BCUT2D eigenvalue weighted by molar-refractivity contribution is 0.186. The lowest BCUT2D eigenvalue weighted by atomic mass is 10.00. The Balaban J connectivity index is 2.06. The normalized spacial score (nSPS) is 15.3. The summed E-state index contributed by atoms with van der Waals surface area (Å²) in [5.74, 6) is 6.40. The largest absolute Gasteiger partial charge is 0.325 e. The molecule has 1 aromatic carbocycles. The van der Waals surface area contributed by atoms with Crippen molar-refractivity contribution in [1.82, 2.24) is 4.90 Å². The van der Waals surface area contributed by atoms with Crippen LogP contribution in [0.4, 0.5) is 10.5 Å². The minimum Gasteiger partial charge on any atom is -0.325 e. The van der Waals surface area contributed by atoms with Crippen molar-refractivity contribution < 1.29 is 4.79 Å². The van der Waals surface area contributed by atoms with Crippen LogP contribution in [0.15, 0.2) is 18.2 Å². The predicted molar refractivity (Wildman–Crippen MR) is 86.4 cm³/mol. The number of hydrogen-bond donors (Lipinski definition) is 2. The number of nitrogens with two attached hydrogens (primary N) is 1. The summed E-state index contributed by atoms with van der Waals surface area (Å²) in [7, 11) is 0. The molecule has 112 valence electrons. The number of benzene rings is 1. The summed E-state index contributed by atoms with van der Waals surface area (Å²) in [5, 5.41) is 3.37. The van der Waals surface area contributed by atoms with E-state index in [9.17, 15) is 4.79 Å². The van der Waals surface area contributed by atoms with Crippen molar-refractivity contribution in [2.45, 2.75) is 19.8 Å². The highest BCUT2D eigenvalue weighted by Gasteiger charge is 2.20. The Morgan fingerprint density at radius 3 is 2.86 bits per heavy atom. The van der Waals surface area contributed by atoms with E-state index in [2.05, 4.69) is 24.1 Å². The van der Waals surface area contributed by atoms with Crippen molar-refractivity contribution in [3.8, 4) is 11.8 Å². The van der Waals surface area contributed by atoms with Gasteiger partial charge in [0.1, 0.15) is 0 Å². The van der Waals surface area contributed by atoms with E-state index in [1.54, 1.807) is 12.1 Å². The molecule has 2 amide bonds. The maximum Gasteiger partial charge on any atom is 0.321 e. The molecule has 1 saturated heterocycles. The molecule has 0 atom stereocenters. The van der Waals surface area contributed by atoms with Gasteiger partial charge in [-0.25, -0.2) is 4.79 Å². The molecule has 0 spiro atoms. The van der Waals surface area contributed by atoms with E-state index in [-0.39, 0.29) is 6.03 Å². The van der Waals surface area contributed by atoms with Crippen LogP contribution in [-0.2, 0) is 0 Å². The van der Waals surface area contributed by atoms with Gasteiger partial charge in [0.25, 0.3) is 0 Å². The van der Waals surface area contributed by atoms with Gasteiger partial charge in [-0.15, -0.1) is 0 Å². The molecule has 0 unspecified atom stereocenters. The average Bonchev–Trinajstić information content (AvgIpc) is 2.48. The van der Waals surface area contributed by atoms with Gasteiger partial charge in [-0.05, 0) is 37.0 Å². The third-order valence-corrected chi connectivity index (χ3v) is 3.94. The van der Waals surface area contributed by atoms with Crippen LogP contribution in [0.2, 0.25) is 5.02 Å². The first-order valence-corrected chi connectivity index (χ1v) is 7.52. The Hall–Kier alpha value is -1.70. The van der Waals surface area contributed by atoms with Crippen LogP contribution >= 0.6 is 11.6 Å². The quantitative estimate of drug-likeness (QED) is 0.784. The highest BCUT2D eigenvalue weighted by Crippen LogP contribution is 2.24. The number of amides is 2. The van der Waals surface area contributed by atoms with Crippen LogP contribution in [0, 0.1) is 17.8 Å². The van der Waals surface area contributed by atoms with E-state index in [0.717, 1.165) is 31.5 Å². The number of carbonyl (C=O) groups is 1. The molecule has 4 nitrogen and oxygen atoms in total. The molecule has 2 rings (SSSR count). The molecule has 1 aromatic rings. The number of piperidine rings is 1. The van der Waals surface area contributed by atoms with Gasteiger partial charge in [0.2, 0.25) is 0 Å². The van der Waals surface area contributed by atoms with E-state index in [0.29, 0.717) is 23.2 Å². The average molecular weight is 306 g/mol. The number of nitrogens with zero attached hydrogens (tertiary/aromatic N) is 1. The topological polar surface area (TPSA) is 58.4 Å². The van der Waals surface area contributed by atoms with Gasteiger partial charge in [-0.3, -0.25) is 0 Å². The number of urea groups is 1. The Bertz CT molecular complexity index is 569. The van der Waals surface area contributed by atoms with Gasteiger partial charge < -0.3 is 16.0 Å². The predicted octanol–water partition coefficient (Wildman–Crippen LogP) is 2.91. The molecule has 0 bridgehead atoms. The first-order valence-electron chi connectivity index (χ1n) is 7.14. The van der Waals surface area contributed by atoms with Gasteiger partial charge in [0.05, 0.1) is 17.3 Å². The molecule has 0 saturated carbocycles. The maximum atomic E-state index is 12.3. The molecule has 21 heavy (non-hydrogen) atoms. The molecule has 0 aromatic heterocycles. The molecule has 1 heterocycles. The summed E-state index contributed by atoms with van der Waals surface area (Å²) in [6, 6.07) is 5.21. The summed E-state index contributed by atoms with van der Waals surface area (Å²) in [5.41, 5.74) is 6.73. The molecule has 1 aliphatic rings. The van der Waals surface area contributed by atoms with Crippen LogP contribution < -0.4 is 11.1 Å². The number of nitrogens with one attached hydrogen (secondary N) is 1. The van der Waals surface area contributed by atoms with Gasteiger partial charge in [-0.1, -0.05) is 30.4 Å². The fourth-order valence-electron chi connectivity index (χ4n) is 2.26. The molecule has 3 N–H and O–H groups in total. The summed E-state index contributed by atoms with van der Waals surface area (Å²) < 4.78 is 0. The number of hydrogen-bond acceptors (Lipinski definition) is 2. The van der Waals surface area contributed by atoms with Crippen molar-refractivity contribution >= 4 is 23.3 Å². The van der Waals surface area contributed by atoms with E-state index < -0.39 is 0 Å². The first-order chi connectivity index (χ1) is 10.1. The number of carbonyl (C=O) groups excluding carboxylic acids is 1. The summed E-state index contributed by atoms with van der Waals surface area (Å²) in [6.45, 7) is 4.09. The highest BCUT2D eigenvalue weighted by molar-refractivity contribution is 6.33. The third kappa shape index (κ3) is 4.38. The highest BCUT2D eigenvalue weighted by atomic mass is 35.5. The number of halogens is 1.